The summed E-state index contributed by atoms with van der Waals surface area (Å²) in [5.74, 6) is 0. The Hall–Kier alpha value is -0.330. The van der Waals surface area contributed by atoms with Crippen molar-refractivity contribution in [2.24, 2.45) is 5.73 Å². The van der Waals surface area contributed by atoms with Gasteiger partial charge in [0, 0.05) is 16.6 Å². The van der Waals surface area contributed by atoms with Crippen LogP contribution in [0.1, 0.15) is 25.7 Å². The molecule has 1 saturated heterocycles. The molecule has 0 radical (unpaired) electrons. The van der Waals surface area contributed by atoms with E-state index in [1.165, 1.54) is 22.5 Å². The fourth-order valence-electron chi connectivity index (χ4n) is 2.22. The number of rotatable bonds is 2. The second kappa shape index (κ2) is 5.97. The van der Waals surface area contributed by atoms with Crippen LogP contribution in [0, 0.1) is 0 Å². The van der Waals surface area contributed by atoms with E-state index in [0.717, 1.165) is 19.3 Å². The molecule has 1 aliphatic heterocycles. The number of hydrogen-bond acceptors (Lipinski definition) is 3. The van der Waals surface area contributed by atoms with Gasteiger partial charge in [-0.1, -0.05) is 36.0 Å². The molecule has 1 aromatic carbocycles. The highest BCUT2D eigenvalue weighted by Crippen LogP contribution is 2.27. The molecule has 0 aromatic heterocycles. The molecule has 0 saturated carbocycles. The summed E-state index contributed by atoms with van der Waals surface area (Å²) < 4.78 is 26.5. The molecule has 0 amide bonds. The van der Waals surface area contributed by atoms with Crippen molar-refractivity contribution in [3.63, 3.8) is 0 Å². The monoisotopic (exact) mass is 322 g/mol. The largest absolute Gasteiger partial charge is 0.315 e. The van der Waals surface area contributed by atoms with Crippen LogP contribution in [0.25, 0.3) is 0 Å². The first-order chi connectivity index (χ1) is 8.91. The summed E-state index contributed by atoms with van der Waals surface area (Å²) >= 11 is 11.7. The molecule has 1 atom stereocenters. The minimum atomic E-state index is -3.64. The Morgan fingerprint density at radius 1 is 1.11 bits per heavy atom. The van der Waals surface area contributed by atoms with Crippen LogP contribution in [-0.2, 0) is 10.0 Å². The van der Waals surface area contributed by atoms with E-state index in [4.69, 9.17) is 28.9 Å². The molecule has 106 valence electrons. The van der Waals surface area contributed by atoms with E-state index in [0.29, 0.717) is 23.0 Å². The van der Waals surface area contributed by atoms with Crippen LogP contribution in [0.2, 0.25) is 10.0 Å². The van der Waals surface area contributed by atoms with Gasteiger partial charge < -0.3 is 5.73 Å². The van der Waals surface area contributed by atoms with E-state index in [1.807, 2.05) is 0 Å². The number of nitrogens with zero attached hydrogens (tertiary/aromatic N) is 1. The van der Waals surface area contributed by atoms with Crippen molar-refractivity contribution in [3.8, 4) is 0 Å². The van der Waals surface area contributed by atoms with Crippen LogP contribution < -0.4 is 5.73 Å². The van der Waals surface area contributed by atoms with Crippen LogP contribution in [0.5, 0.6) is 0 Å². The van der Waals surface area contributed by atoms with Gasteiger partial charge in [-0.2, -0.15) is 4.31 Å². The topological polar surface area (TPSA) is 63.4 Å². The van der Waals surface area contributed by atoms with Gasteiger partial charge in [0.15, 0.2) is 0 Å². The van der Waals surface area contributed by atoms with Crippen LogP contribution >= 0.6 is 23.2 Å². The molecule has 19 heavy (non-hydrogen) atoms. The van der Waals surface area contributed by atoms with Crippen molar-refractivity contribution in [1.82, 2.24) is 4.31 Å². The zero-order valence-corrected chi connectivity index (χ0v) is 12.7. The van der Waals surface area contributed by atoms with E-state index >= 15 is 0 Å². The van der Waals surface area contributed by atoms with Crippen molar-refractivity contribution in [3.05, 3.63) is 28.2 Å². The van der Waals surface area contributed by atoms with E-state index in [1.54, 1.807) is 0 Å². The van der Waals surface area contributed by atoms with Gasteiger partial charge in [0.2, 0.25) is 10.0 Å². The predicted octanol–water partition coefficient (Wildman–Crippen LogP) is 2.84. The van der Waals surface area contributed by atoms with Crippen LogP contribution in [0.15, 0.2) is 23.1 Å². The van der Waals surface area contributed by atoms with Gasteiger partial charge in [-0.3, -0.25) is 0 Å². The summed E-state index contributed by atoms with van der Waals surface area (Å²) in [6.07, 6.45) is 2.96. The number of halogens is 2. The molecule has 1 fully saturated rings. The first kappa shape index (κ1) is 15.1. The fraction of sp³-hybridized carbons (Fsp3) is 0.500. The van der Waals surface area contributed by atoms with Crippen LogP contribution in [0.3, 0.4) is 0 Å². The number of benzene rings is 1. The lowest BCUT2D eigenvalue weighted by molar-refractivity contribution is 0.329. The summed E-state index contributed by atoms with van der Waals surface area (Å²) in [4.78, 5) is 0.0994. The third-order valence-corrected chi connectivity index (χ3v) is 5.53. The highest BCUT2D eigenvalue weighted by atomic mass is 35.5. The van der Waals surface area contributed by atoms with E-state index in [-0.39, 0.29) is 4.90 Å². The minimum Gasteiger partial charge on any atom is -0.315 e. The Balaban J connectivity index is 2.40. The first-order valence-electron chi connectivity index (χ1n) is 6.15. The van der Waals surface area contributed by atoms with Gasteiger partial charge in [-0.25, -0.2) is 8.42 Å². The van der Waals surface area contributed by atoms with E-state index in [2.05, 4.69) is 0 Å². The zero-order chi connectivity index (χ0) is 14.0. The second-order valence-electron chi connectivity index (χ2n) is 4.64. The smallest absolute Gasteiger partial charge is 0.244 e. The Morgan fingerprint density at radius 3 is 2.37 bits per heavy atom. The fourth-order valence-corrected chi connectivity index (χ4v) is 4.53. The molecule has 1 aromatic rings. The normalized spacial score (nSPS) is 22.2. The molecule has 1 heterocycles. The third kappa shape index (κ3) is 3.41. The number of hydrogen-bond donors (Lipinski definition) is 1. The summed E-state index contributed by atoms with van der Waals surface area (Å²) in [7, 11) is -3.64. The standard InChI is InChI=1S/C12H16Cl2N2O2S/c13-9-6-10(14)8-11(7-9)19(17,18)16-5-3-1-2-4-12(16)15/h6-8,12H,1-5,15H2. The molecule has 0 aliphatic carbocycles. The minimum absolute atomic E-state index is 0.0994. The zero-order valence-electron chi connectivity index (χ0n) is 10.4. The highest BCUT2D eigenvalue weighted by molar-refractivity contribution is 7.89. The van der Waals surface area contributed by atoms with Crippen molar-refractivity contribution < 1.29 is 8.42 Å². The van der Waals surface area contributed by atoms with Gasteiger partial charge in [0.1, 0.15) is 0 Å². The lowest BCUT2D eigenvalue weighted by Crippen LogP contribution is -2.45. The van der Waals surface area contributed by atoms with Gasteiger partial charge in [-0.05, 0) is 31.0 Å². The van der Waals surface area contributed by atoms with E-state index in [9.17, 15) is 8.42 Å². The quantitative estimate of drug-likeness (QED) is 0.910. The molecular formula is C12H16Cl2N2O2S. The summed E-state index contributed by atoms with van der Waals surface area (Å²) in [6.45, 7) is 0.438. The Kier molecular flexibility index (Phi) is 4.74. The maximum atomic E-state index is 12.6. The molecular weight excluding hydrogens is 307 g/mol. The number of nitrogens with two attached hydrogens (primary N) is 1. The second-order valence-corrected chi connectivity index (χ2v) is 7.40. The molecule has 0 spiro atoms. The Bertz CT molecular complexity index is 543. The summed E-state index contributed by atoms with van der Waals surface area (Å²) in [5.41, 5.74) is 5.96. The van der Waals surface area contributed by atoms with Crippen molar-refractivity contribution >= 4 is 33.2 Å². The van der Waals surface area contributed by atoms with Crippen LogP contribution in [-0.4, -0.2) is 25.4 Å². The average molecular weight is 323 g/mol. The summed E-state index contributed by atoms with van der Waals surface area (Å²) in [5, 5.41) is 0.601. The lowest BCUT2D eigenvalue weighted by atomic mass is 10.2. The first-order valence-corrected chi connectivity index (χ1v) is 8.34. The van der Waals surface area contributed by atoms with Gasteiger partial charge >= 0.3 is 0 Å². The maximum Gasteiger partial charge on any atom is 0.244 e. The predicted molar refractivity (Wildman–Crippen MR) is 76.8 cm³/mol. The average Bonchev–Trinajstić information content (AvgIpc) is 2.52. The summed E-state index contributed by atoms with van der Waals surface area (Å²) in [6, 6.07) is 4.31. The molecule has 2 N–H and O–H groups in total. The maximum absolute atomic E-state index is 12.6. The van der Waals surface area contributed by atoms with Crippen molar-refractivity contribution in [1.29, 1.82) is 0 Å². The van der Waals surface area contributed by atoms with Gasteiger partial charge in [-0.15, -0.1) is 0 Å². The van der Waals surface area contributed by atoms with Crippen LogP contribution in [0.4, 0.5) is 0 Å². The third-order valence-electron chi connectivity index (χ3n) is 3.19. The highest BCUT2D eigenvalue weighted by Gasteiger charge is 2.30. The van der Waals surface area contributed by atoms with Crippen molar-refractivity contribution in [2.75, 3.05) is 6.54 Å². The lowest BCUT2D eigenvalue weighted by Gasteiger charge is -2.26. The number of sulfonamides is 1. The molecule has 2 rings (SSSR count). The van der Waals surface area contributed by atoms with Crippen molar-refractivity contribution in [2.45, 2.75) is 36.7 Å². The van der Waals surface area contributed by atoms with Gasteiger partial charge in [0.25, 0.3) is 0 Å². The molecule has 1 unspecified atom stereocenters. The molecule has 1 aliphatic rings. The van der Waals surface area contributed by atoms with Gasteiger partial charge in [0.05, 0.1) is 11.1 Å². The Morgan fingerprint density at radius 2 is 1.74 bits per heavy atom. The Labute approximate surface area is 123 Å². The molecule has 7 heteroatoms. The SMILES string of the molecule is NC1CCCCCN1S(=O)(=O)c1cc(Cl)cc(Cl)c1. The molecule has 4 nitrogen and oxygen atoms in total. The van der Waals surface area contributed by atoms with E-state index < -0.39 is 16.2 Å². The molecule has 0 bridgehead atoms.